The van der Waals surface area contributed by atoms with Crippen LogP contribution in [0.3, 0.4) is 0 Å². The van der Waals surface area contributed by atoms with Crippen molar-refractivity contribution in [1.29, 1.82) is 0 Å². The van der Waals surface area contributed by atoms with Crippen LogP contribution in [0.4, 0.5) is 0 Å². The van der Waals surface area contributed by atoms with Crippen molar-refractivity contribution in [2.75, 3.05) is 19.7 Å². The largest absolute Gasteiger partial charge is 0.494 e. The van der Waals surface area contributed by atoms with Crippen LogP contribution < -0.4 is 15.4 Å². The van der Waals surface area contributed by atoms with Crippen LogP contribution >= 0.6 is 35.3 Å². The summed E-state index contributed by atoms with van der Waals surface area (Å²) in [5.41, 5.74) is 0.808. The SMILES string of the molecule is CCNC(=NCc1coc(-c2cccs2)n1)NCCCOc1ccccc1.I. The Hall–Kier alpha value is -2.07. The number of oxazole rings is 1. The predicted molar refractivity (Wildman–Crippen MR) is 125 cm³/mol. The summed E-state index contributed by atoms with van der Waals surface area (Å²) in [7, 11) is 0. The number of para-hydroxylation sites is 1. The molecule has 0 spiro atoms. The molecule has 0 radical (unpaired) electrons. The first kappa shape index (κ1) is 22.2. The molecule has 0 amide bonds. The van der Waals surface area contributed by atoms with Crippen molar-refractivity contribution in [3.8, 4) is 16.5 Å². The Bertz CT molecular complexity index is 822. The van der Waals surface area contributed by atoms with Crippen molar-refractivity contribution < 1.29 is 9.15 Å². The van der Waals surface area contributed by atoms with Gasteiger partial charge in [0, 0.05) is 13.1 Å². The highest BCUT2D eigenvalue weighted by atomic mass is 127. The molecule has 3 rings (SSSR count). The standard InChI is InChI=1S/C20H24N4O2S.HI/c1-2-21-20(22-11-7-12-25-17-8-4-3-5-9-17)23-14-16-15-26-19(24-16)18-10-6-13-27-18;/h3-6,8-10,13,15H,2,7,11-12,14H2,1H3,(H2,21,22,23);1H. The minimum atomic E-state index is 0. The molecule has 0 aliphatic rings. The van der Waals surface area contributed by atoms with Gasteiger partial charge < -0.3 is 19.8 Å². The lowest BCUT2D eigenvalue weighted by atomic mass is 10.3. The number of guanidine groups is 1. The first-order valence-corrected chi connectivity index (χ1v) is 9.91. The molecule has 0 aliphatic heterocycles. The highest BCUT2D eigenvalue weighted by Gasteiger charge is 2.07. The quantitative estimate of drug-likeness (QED) is 0.191. The second kappa shape index (κ2) is 12.4. The molecule has 2 N–H and O–H groups in total. The van der Waals surface area contributed by atoms with Crippen molar-refractivity contribution in [3.63, 3.8) is 0 Å². The van der Waals surface area contributed by atoms with Crippen molar-refractivity contribution in [2.45, 2.75) is 19.9 Å². The fourth-order valence-electron chi connectivity index (χ4n) is 2.38. The normalized spacial score (nSPS) is 11.0. The number of ether oxygens (including phenoxy) is 1. The molecule has 0 fully saturated rings. The van der Waals surface area contributed by atoms with Gasteiger partial charge in [-0.1, -0.05) is 24.3 Å². The summed E-state index contributed by atoms with van der Waals surface area (Å²) in [5, 5.41) is 8.56. The van der Waals surface area contributed by atoms with Gasteiger partial charge in [-0.2, -0.15) is 0 Å². The third-order valence-corrected chi connectivity index (χ3v) is 4.51. The average Bonchev–Trinajstić information content (AvgIpc) is 3.38. The molecule has 0 saturated heterocycles. The number of rotatable bonds is 9. The summed E-state index contributed by atoms with van der Waals surface area (Å²) in [6.45, 7) is 4.73. The van der Waals surface area contributed by atoms with Gasteiger partial charge in [-0.15, -0.1) is 35.3 Å². The molecule has 0 unspecified atom stereocenters. The summed E-state index contributed by atoms with van der Waals surface area (Å²) in [5.74, 6) is 2.30. The van der Waals surface area contributed by atoms with Crippen LogP contribution in [0.5, 0.6) is 5.75 Å². The van der Waals surface area contributed by atoms with Crippen LogP contribution in [0.25, 0.3) is 10.8 Å². The number of halogens is 1. The van der Waals surface area contributed by atoms with Crippen LogP contribution in [0, 0.1) is 0 Å². The average molecular weight is 512 g/mol. The molecule has 8 heteroatoms. The molecule has 3 aromatic rings. The molecule has 1 aromatic carbocycles. The zero-order valence-electron chi connectivity index (χ0n) is 15.8. The molecule has 150 valence electrons. The monoisotopic (exact) mass is 512 g/mol. The van der Waals surface area contributed by atoms with Crippen LogP contribution in [0.1, 0.15) is 19.0 Å². The van der Waals surface area contributed by atoms with Gasteiger partial charge in [0.05, 0.1) is 18.0 Å². The lowest BCUT2D eigenvalue weighted by molar-refractivity contribution is 0.311. The number of benzene rings is 1. The molecule has 6 nitrogen and oxygen atoms in total. The third kappa shape index (κ3) is 7.16. The van der Waals surface area contributed by atoms with E-state index >= 15 is 0 Å². The topological polar surface area (TPSA) is 71.7 Å². The first-order valence-electron chi connectivity index (χ1n) is 9.03. The van der Waals surface area contributed by atoms with Crippen LogP contribution in [0.15, 0.2) is 63.5 Å². The molecule has 0 saturated carbocycles. The number of nitrogens with zero attached hydrogens (tertiary/aromatic N) is 2. The van der Waals surface area contributed by atoms with E-state index in [-0.39, 0.29) is 24.0 Å². The minimum absolute atomic E-state index is 0. The van der Waals surface area contributed by atoms with E-state index in [0.717, 1.165) is 41.8 Å². The van der Waals surface area contributed by atoms with Gasteiger partial charge in [-0.3, -0.25) is 0 Å². The zero-order valence-corrected chi connectivity index (χ0v) is 18.9. The summed E-state index contributed by atoms with van der Waals surface area (Å²) in [6.07, 6.45) is 2.54. The Morgan fingerprint density at radius 3 is 2.79 bits per heavy atom. The number of nitrogens with one attached hydrogen (secondary N) is 2. The van der Waals surface area contributed by atoms with Gasteiger partial charge >= 0.3 is 0 Å². The maximum Gasteiger partial charge on any atom is 0.236 e. The molecular weight excluding hydrogens is 487 g/mol. The Kier molecular flexibility index (Phi) is 9.84. The number of aliphatic imine (C=N–C) groups is 1. The van der Waals surface area contributed by atoms with Gasteiger partial charge in [0.15, 0.2) is 5.96 Å². The maximum atomic E-state index is 5.69. The Labute approximate surface area is 186 Å². The third-order valence-electron chi connectivity index (χ3n) is 3.65. The Balaban J connectivity index is 0.00000280. The minimum Gasteiger partial charge on any atom is -0.494 e. The number of hydrogen-bond donors (Lipinski definition) is 2. The zero-order chi connectivity index (χ0) is 18.7. The lowest BCUT2D eigenvalue weighted by Crippen LogP contribution is -2.38. The van der Waals surface area contributed by atoms with E-state index in [1.807, 2.05) is 54.8 Å². The van der Waals surface area contributed by atoms with Crippen molar-refractivity contribution in [2.24, 2.45) is 4.99 Å². The van der Waals surface area contributed by atoms with Gasteiger partial charge in [-0.05, 0) is 36.9 Å². The van der Waals surface area contributed by atoms with Gasteiger partial charge in [0.25, 0.3) is 0 Å². The van der Waals surface area contributed by atoms with Crippen LogP contribution in [-0.2, 0) is 6.54 Å². The Morgan fingerprint density at radius 2 is 2.04 bits per heavy atom. The molecule has 0 bridgehead atoms. The van der Waals surface area contributed by atoms with Crippen molar-refractivity contribution >= 4 is 41.3 Å². The summed E-state index contributed by atoms with van der Waals surface area (Å²) >= 11 is 1.61. The highest BCUT2D eigenvalue weighted by Crippen LogP contribution is 2.23. The van der Waals surface area contributed by atoms with Crippen molar-refractivity contribution in [1.82, 2.24) is 15.6 Å². The van der Waals surface area contributed by atoms with Gasteiger partial charge in [0.2, 0.25) is 5.89 Å². The smallest absolute Gasteiger partial charge is 0.236 e. The molecular formula is C20H25IN4O2S. The number of thiophene rings is 1. The van der Waals surface area contributed by atoms with Crippen LogP contribution in [0.2, 0.25) is 0 Å². The second-order valence-corrected chi connectivity index (χ2v) is 6.71. The van der Waals surface area contributed by atoms with E-state index in [9.17, 15) is 0 Å². The van der Waals surface area contributed by atoms with E-state index < -0.39 is 0 Å². The van der Waals surface area contributed by atoms with Gasteiger partial charge in [-0.25, -0.2) is 9.98 Å². The van der Waals surface area contributed by atoms with E-state index in [1.165, 1.54) is 0 Å². The Morgan fingerprint density at radius 1 is 1.18 bits per heavy atom. The molecule has 2 aromatic heterocycles. The van der Waals surface area contributed by atoms with E-state index in [0.29, 0.717) is 19.0 Å². The molecule has 0 aliphatic carbocycles. The summed E-state index contributed by atoms with van der Waals surface area (Å²) < 4.78 is 11.2. The number of hydrogen-bond acceptors (Lipinski definition) is 5. The second-order valence-electron chi connectivity index (χ2n) is 5.76. The predicted octanol–water partition coefficient (Wildman–Crippen LogP) is 4.55. The summed E-state index contributed by atoms with van der Waals surface area (Å²) in [4.78, 5) is 10.1. The lowest BCUT2D eigenvalue weighted by Gasteiger charge is -2.11. The fraction of sp³-hybridized carbons (Fsp3) is 0.300. The molecule has 0 atom stereocenters. The van der Waals surface area contributed by atoms with E-state index in [4.69, 9.17) is 9.15 Å². The molecule has 2 heterocycles. The van der Waals surface area contributed by atoms with E-state index in [2.05, 4.69) is 20.6 Å². The van der Waals surface area contributed by atoms with Crippen LogP contribution in [-0.4, -0.2) is 30.6 Å². The van der Waals surface area contributed by atoms with Gasteiger partial charge in [0.1, 0.15) is 17.7 Å². The van der Waals surface area contributed by atoms with Crippen molar-refractivity contribution in [3.05, 3.63) is 59.8 Å². The highest BCUT2D eigenvalue weighted by molar-refractivity contribution is 14.0. The number of aromatic nitrogens is 1. The molecule has 28 heavy (non-hydrogen) atoms. The van der Waals surface area contributed by atoms with E-state index in [1.54, 1.807) is 17.6 Å². The first-order chi connectivity index (χ1) is 13.3. The maximum absolute atomic E-state index is 5.69. The fourth-order valence-corrected chi connectivity index (χ4v) is 3.04. The summed E-state index contributed by atoms with van der Waals surface area (Å²) in [6, 6.07) is 13.8.